The first kappa shape index (κ1) is 20.0. The van der Waals surface area contributed by atoms with Gasteiger partial charge in [0.25, 0.3) is 0 Å². The molecule has 1 N–H and O–H groups in total. The van der Waals surface area contributed by atoms with E-state index in [0.29, 0.717) is 0 Å². The molecule has 0 saturated carbocycles. The Hall–Kier alpha value is 0.674. The zero-order valence-electron chi connectivity index (χ0n) is 12.9. The molecule has 0 amide bonds. The molecule has 0 fully saturated rings. The van der Waals surface area contributed by atoms with Gasteiger partial charge in [-0.1, -0.05) is 0 Å². The Kier molecular flexibility index (Phi) is 13.8. The molecule has 0 rings (SSSR count). The number of hydrogen-bond acceptors (Lipinski definition) is 1. The van der Waals surface area contributed by atoms with Gasteiger partial charge in [-0.2, -0.15) is 0 Å². The van der Waals surface area contributed by atoms with Crippen molar-refractivity contribution < 1.29 is 23.3 Å². The van der Waals surface area contributed by atoms with Gasteiger partial charge in [-0.25, -0.2) is 0 Å². The maximum absolute atomic E-state index is 2.38. The summed E-state index contributed by atoms with van der Waals surface area (Å²) in [7, 11) is 0. The summed E-state index contributed by atoms with van der Waals surface area (Å²) in [6.45, 7) is 14.3. The summed E-state index contributed by atoms with van der Waals surface area (Å²) in [4.78, 5) is 0. The molecule has 0 saturated heterocycles. The van der Waals surface area contributed by atoms with Crippen LogP contribution in [0.5, 0.6) is 0 Å². The summed E-state index contributed by atoms with van der Waals surface area (Å²) in [6.07, 6.45) is 4.47. The van der Waals surface area contributed by atoms with E-state index >= 15 is 0 Å². The standard InChI is InChI=1S/3C5H11.H2O.Ti/c3*1-4-5(2)3;;/h3*5H,1,4H2,2-3H3;1H2;/q;;;;+1/p-1. The Balaban J connectivity index is 0. The van der Waals surface area contributed by atoms with Crippen molar-refractivity contribution in [1.82, 2.24) is 0 Å². The molecule has 1 nitrogen and oxygen atoms in total. The zero-order chi connectivity index (χ0) is 12.6. The molecular weight excluding hydrogens is 244 g/mol. The number of hydrogen-bond donors (Lipinski definition) is 0. The van der Waals surface area contributed by atoms with Crippen molar-refractivity contribution >= 4 is 0 Å². The Morgan fingerprint density at radius 1 is 0.588 bits per heavy atom. The molecule has 0 aromatic heterocycles. The summed E-state index contributed by atoms with van der Waals surface area (Å²) >= 11 is -0.681. The fourth-order valence-electron chi connectivity index (χ4n) is 1.85. The summed E-state index contributed by atoms with van der Waals surface area (Å²) in [5.41, 5.74) is 0. The van der Waals surface area contributed by atoms with Crippen molar-refractivity contribution in [3.8, 4) is 0 Å². The second-order valence-electron chi connectivity index (χ2n) is 6.55. The molecule has 0 radical (unpaired) electrons. The normalized spacial score (nSPS) is 11.1. The van der Waals surface area contributed by atoms with Gasteiger partial charge >= 0.3 is 111 Å². The first-order chi connectivity index (χ1) is 7.41. The molecule has 0 aliphatic carbocycles. The van der Waals surface area contributed by atoms with Gasteiger partial charge in [-0.15, -0.1) is 0 Å². The van der Waals surface area contributed by atoms with E-state index in [2.05, 4.69) is 41.5 Å². The average molecular weight is 278 g/mol. The van der Waals surface area contributed by atoms with E-state index in [1.165, 1.54) is 19.3 Å². The van der Waals surface area contributed by atoms with Crippen LogP contribution in [0.3, 0.4) is 0 Å². The van der Waals surface area contributed by atoms with Gasteiger partial charge in [0, 0.05) is 0 Å². The molecule has 17 heavy (non-hydrogen) atoms. The molecule has 2 heteroatoms. The van der Waals surface area contributed by atoms with Crippen LogP contribution >= 0.6 is 0 Å². The largest absolute Gasteiger partial charge is 0.870 e. The maximum Gasteiger partial charge on any atom is -0.870 e. The summed E-state index contributed by atoms with van der Waals surface area (Å²) in [5.74, 6) is 2.75. The van der Waals surface area contributed by atoms with Crippen LogP contribution < -0.4 is 0 Å². The first-order valence-electron chi connectivity index (χ1n) is 7.25. The Morgan fingerprint density at radius 3 is 1.00 bits per heavy atom. The van der Waals surface area contributed by atoms with Crippen LogP contribution in [0.15, 0.2) is 0 Å². The van der Waals surface area contributed by atoms with Gasteiger partial charge in [-0.3, -0.25) is 0 Å². The van der Waals surface area contributed by atoms with Crippen molar-refractivity contribution in [2.75, 3.05) is 0 Å². The molecular formula is C15H34OTi. The molecule has 0 bridgehead atoms. The molecule has 0 aliphatic rings. The van der Waals surface area contributed by atoms with E-state index in [-0.39, 0.29) is 5.48 Å². The topological polar surface area (TPSA) is 30.0 Å². The molecule has 0 aromatic rings. The average Bonchev–Trinajstić information content (AvgIpc) is 2.15. The van der Waals surface area contributed by atoms with Crippen molar-refractivity contribution in [3.05, 3.63) is 0 Å². The minimum Gasteiger partial charge on any atom is -0.870 e. The van der Waals surface area contributed by atoms with Crippen LogP contribution in [0, 0.1) is 17.8 Å². The third kappa shape index (κ3) is 14.6. The van der Waals surface area contributed by atoms with E-state index in [1.807, 2.05) is 0 Å². The van der Waals surface area contributed by atoms with Gasteiger partial charge in [0.15, 0.2) is 0 Å². The van der Waals surface area contributed by atoms with Crippen molar-refractivity contribution in [2.24, 2.45) is 17.8 Å². The third-order valence-corrected chi connectivity index (χ3v) is 7.89. The van der Waals surface area contributed by atoms with E-state index in [1.54, 1.807) is 14.2 Å². The Morgan fingerprint density at radius 2 is 0.824 bits per heavy atom. The van der Waals surface area contributed by atoms with Gasteiger partial charge in [0.1, 0.15) is 0 Å². The Labute approximate surface area is 116 Å². The Bertz CT molecular complexity index is 126. The summed E-state index contributed by atoms with van der Waals surface area (Å²) in [6, 6.07) is 0. The molecule has 0 unspecified atom stereocenters. The van der Waals surface area contributed by atoms with Gasteiger partial charge in [-0.05, 0) is 0 Å². The fraction of sp³-hybridized carbons (Fsp3) is 1.00. The molecule has 104 valence electrons. The van der Waals surface area contributed by atoms with Crippen LogP contribution in [-0.2, 0) is 17.9 Å². The van der Waals surface area contributed by atoms with Crippen molar-refractivity contribution in [3.63, 3.8) is 0 Å². The summed E-state index contributed by atoms with van der Waals surface area (Å²) < 4.78 is 4.87. The predicted octanol–water partition coefficient (Wildman–Crippen LogP) is 5.82. The third-order valence-electron chi connectivity index (χ3n) is 3.23. The van der Waals surface area contributed by atoms with Crippen LogP contribution in [-0.4, -0.2) is 5.48 Å². The molecule has 0 aliphatic heterocycles. The maximum atomic E-state index is 2.38. The van der Waals surface area contributed by atoms with Crippen molar-refractivity contribution in [1.29, 1.82) is 0 Å². The van der Waals surface area contributed by atoms with Crippen LogP contribution in [0.2, 0.25) is 14.2 Å². The van der Waals surface area contributed by atoms with Crippen LogP contribution in [0.1, 0.15) is 60.8 Å². The van der Waals surface area contributed by atoms with Gasteiger partial charge in [0.05, 0.1) is 0 Å². The summed E-state index contributed by atoms with van der Waals surface area (Å²) in [5, 5.41) is 0. The van der Waals surface area contributed by atoms with Crippen LogP contribution in [0.25, 0.3) is 0 Å². The first-order valence-corrected chi connectivity index (χ1v) is 10.6. The quantitative estimate of drug-likeness (QED) is 0.488. The molecule has 0 heterocycles. The van der Waals surface area contributed by atoms with Crippen LogP contribution in [0.4, 0.5) is 0 Å². The molecule has 0 spiro atoms. The minimum absolute atomic E-state index is 0. The zero-order valence-corrected chi connectivity index (χ0v) is 14.5. The SMILES string of the molecule is CC(C)C[CH2][Ti+]([CH2]CC(C)C)[CH2]CC(C)C.[OH-]. The monoisotopic (exact) mass is 278 g/mol. The van der Waals surface area contributed by atoms with E-state index in [4.69, 9.17) is 0 Å². The van der Waals surface area contributed by atoms with E-state index in [0.717, 1.165) is 17.8 Å². The van der Waals surface area contributed by atoms with Gasteiger partial charge < -0.3 is 5.48 Å². The predicted molar refractivity (Wildman–Crippen MR) is 74.7 cm³/mol. The fourth-order valence-corrected chi connectivity index (χ4v) is 7.64. The smallest absolute Gasteiger partial charge is 0.870 e. The molecule has 0 atom stereocenters. The molecule has 0 aromatic carbocycles. The van der Waals surface area contributed by atoms with E-state index in [9.17, 15) is 0 Å². The number of rotatable bonds is 9. The second-order valence-corrected chi connectivity index (χ2v) is 11.2. The minimum atomic E-state index is -0.681. The van der Waals surface area contributed by atoms with Gasteiger partial charge in [0.2, 0.25) is 0 Å². The second kappa shape index (κ2) is 11.7. The van der Waals surface area contributed by atoms with Crippen molar-refractivity contribution in [2.45, 2.75) is 75.0 Å². The van der Waals surface area contributed by atoms with E-state index < -0.39 is 17.9 Å².